The molecule has 0 saturated carbocycles. The summed E-state index contributed by atoms with van der Waals surface area (Å²) in [6.07, 6.45) is 25.3. The fraction of sp³-hybridized carbons (Fsp3) is 0.731. The topological polar surface area (TPSA) is 26.3 Å². The maximum Gasteiger partial charge on any atom is 0.306 e. The van der Waals surface area contributed by atoms with Gasteiger partial charge in [0, 0.05) is 6.42 Å². The highest BCUT2D eigenvalue weighted by molar-refractivity contribution is 5.69. The second-order valence-electron chi connectivity index (χ2n) is 8.18. The molecule has 0 rings (SSSR count). The Morgan fingerprint density at radius 2 is 1.32 bits per heavy atom. The zero-order chi connectivity index (χ0) is 20.9. The lowest BCUT2D eigenvalue weighted by molar-refractivity contribution is -0.142. The number of hydrogen-bond acceptors (Lipinski definition) is 2. The fourth-order valence-corrected chi connectivity index (χ4v) is 3.03. The zero-order valence-electron chi connectivity index (χ0n) is 19.2. The molecule has 0 N–H and O–H groups in total. The van der Waals surface area contributed by atoms with E-state index in [1.165, 1.54) is 68.9 Å². The first-order valence-electron chi connectivity index (χ1n) is 11.7. The molecule has 0 bridgehead atoms. The van der Waals surface area contributed by atoms with Gasteiger partial charge in [0.15, 0.2) is 0 Å². The zero-order valence-corrected chi connectivity index (χ0v) is 19.2. The Balaban J connectivity index is 3.45. The lowest BCUT2D eigenvalue weighted by atomic mass is 10.1. The van der Waals surface area contributed by atoms with Crippen LogP contribution in [0.1, 0.15) is 118 Å². The lowest BCUT2D eigenvalue weighted by Gasteiger charge is -2.04. The van der Waals surface area contributed by atoms with E-state index < -0.39 is 0 Å². The van der Waals surface area contributed by atoms with Gasteiger partial charge in [0.2, 0.25) is 0 Å². The second-order valence-corrected chi connectivity index (χ2v) is 8.18. The van der Waals surface area contributed by atoms with Crippen molar-refractivity contribution in [2.24, 2.45) is 0 Å². The summed E-state index contributed by atoms with van der Waals surface area (Å²) in [5.74, 6) is -0.0562. The average Bonchev–Trinajstić information content (AvgIpc) is 2.65. The van der Waals surface area contributed by atoms with Crippen molar-refractivity contribution >= 4 is 5.97 Å². The first-order valence-corrected chi connectivity index (χ1v) is 11.7. The Morgan fingerprint density at radius 3 is 1.96 bits per heavy atom. The van der Waals surface area contributed by atoms with Crippen molar-refractivity contribution in [2.45, 2.75) is 118 Å². The van der Waals surface area contributed by atoms with Crippen molar-refractivity contribution < 1.29 is 9.53 Å². The monoisotopic (exact) mass is 390 g/mol. The quantitative estimate of drug-likeness (QED) is 0.133. The van der Waals surface area contributed by atoms with Gasteiger partial charge in [0.25, 0.3) is 0 Å². The third-order valence-corrected chi connectivity index (χ3v) is 4.91. The molecular weight excluding hydrogens is 344 g/mol. The summed E-state index contributed by atoms with van der Waals surface area (Å²) >= 11 is 0. The number of ether oxygens (including phenoxy) is 1. The number of esters is 1. The minimum Gasteiger partial charge on any atom is -0.461 e. The smallest absolute Gasteiger partial charge is 0.306 e. The van der Waals surface area contributed by atoms with E-state index in [0.29, 0.717) is 13.0 Å². The largest absolute Gasteiger partial charge is 0.461 e. The molecule has 0 saturated heterocycles. The molecule has 0 spiro atoms. The van der Waals surface area contributed by atoms with Crippen LogP contribution in [0, 0.1) is 0 Å². The third kappa shape index (κ3) is 21.0. The summed E-state index contributed by atoms with van der Waals surface area (Å²) in [7, 11) is 0. The summed E-state index contributed by atoms with van der Waals surface area (Å²) in [6, 6.07) is 0. The van der Waals surface area contributed by atoms with Crippen molar-refractivity contribution in [2.75, 3.05) is 6.61 Å². The summed E-state index contributed by atoms with van der Waals surface area (Å²) in [5.41, 5.74) is 2.65. The number of carbonyl (C=O) groups is 1. The predicted molar refractivity (Wildman–Crippen MR) is 124 cm³/mol. The van der Waals surface area contributed by atoms with Crippen LogP contribution in [0.2, 0.25) is 0 Å². The van der Waals surface area contributed by atoms with Crippen LogP contribution < -0.4 is 0 Å². The Bertz CT molecular complexity index is 453. The lowest BCUT2D eigenvalue weighted by Crippen LogP contribution is -2.04. The Labute approximate surface area is 175 Å². The van der Waals surface area contributed by atoms with Gasteiger partial charge in [-0.2, -0.15) is 0 Å². The SMILES string of the molecule is CCCCCC/C=C\CCCCCCCC(=O)OC/C=C(\C)CCC=C(C)C. The van der Waals surface area contributed by atoms with Gasteiger partial charge in [0.05, 0.1) is 0 Å². The summed E-state index contributed by atoms with van der Waals surface area (Å²) in [5, 5.41) is 0. The molecular formula is C26H46O2. The van der Waals surface area contributed by atoms with Crippen molar-refractivity contribution in [3.05, 3.63) is 35.5 Å². The molecule has 0 unspecified atom stereocenters. The molecule has 0 aliphatic carbocycles. The van der Waals surface area contributed by atoms with Crippen molar-refractivity contribution in [3.8, 4) is 0 Å². The van der Waals surface area contributed by atoms with Crippen molar-refractivity contribution in [1.29, 1.82) is 0 Å². The van der Waals surface area contributed by atoms with Crippen LogP contribution in [0.3, 0.4) is 0 Å². The molecule has 2 nitrogen and oxygen atoms in total. The van der Waals surface area contributed by atoms with E-state index in [4.69, 9.17) is 4.74 Å². The van der Waals surface area contributed by atoms with Gasteiger partial charge in [-0.3, -0.25) is 4.79 Å². The van der Waals surface area contributed by atoms with Gasteiger partial charge in [-0.15, -0.1) is 0 Å². The number of hydrogen-bond donors (Lipinski definition) is 0. The highest BCUT2D eigenvalue weighted by atomic mass is 16.5. The third-order valence-electron chi connectivity index (χ3n) is 4.91. The second kappa shape index (κ2) is 20.4. The minimum absolute atomic E-state index is 0.0562. The number of carbonyl (C=O) groups excluding carboxylic acids is 1. The Hall–Kier alpha value is -1.31. The molecule has 0 aromatic heterocycles. The molecule has 0 amide bonds. The average molecular weight is 391 g/mol. The molecule has 0 aliphatic rings. The summed E-state index contributed by atoms with van der Waals surface area (Å²) in [6.45, 7) is 9.02. The molecule has 0 atom stereocenters. The maximum atomic E-state index is 11.8. The minimum atomic E-state index is -0.0562. The normalized spacial score (nSPS) is 11.8. The molecule has 0 aromatic rings. The van der Waals surface area contributed by atoms with Crippen LogP contribution in [0.15, 0.2) is 35.5 Å². The molecule has 0 fully saturated rings. The first kappa shape index (κ1) is 26.7. The highest BCUT2D eigenvalue weighted by Crippen LogP contribution is 2.10. The van der Waals surface area contributed by atoms with Gasteiger partial charge < -0.3 is 4.74 Å². The van der Waals surface area contributed by atoms with Crippen LogP contribution in [-0.2, 0) is 9.53 Å². The van der Waals surface area contributed by atoms with Crippen molar-refractivity contribution in [1.82, 2.24) is 0 Å². The van der Waals surface area contributed by atoms with E-state index in [9.17, 15) is 4.79 Å². The van der Waals surface area contributed by atoms with Gasteiger partial charge in [-0.05, 0) is 71.8 Å². The van der Waals surface area contributed by atoms with Crippen LogP contribution in [0.25, 0.3) is 0 Å². The molecule has 0 heterocycles. The number of unbranched alkanes of at least 4 members (excludes halogenated alkanes) is 9. The van der Waals surface area contributed by atoms with E-state index >= 15 is 0 Å². The molecule has 162 valence electrons. The van der Waals surface area contributed by atoms with Crippen LogP contribution in [0.5, 0.6) is 0 Å². The summed E-state index contributed by atoms with van der Waals surface area (Å²) in [4.78, 5) is 11.8. The highest BCUT2D eigenvalue weighted by Gasteiger charge is 2.01. The van der Waals surface area contributed by atoms with Gasteiger partial charge in [-0.25, -0.2) is 0 Å². The summed E-state index contributed by atoms with van der Waals surface area (Å²) < 4.78 is 5.31. The van der Waals surface area contributed by atoms with E-state index in [2.05, 4.69) is 45.9 Å². The van der Waals surface area contributed by atoms with Crippen LogP contribution >= 0.6 is 0 Å². The fourth-order valence-electron chi connectivity index (χ4n) is 3.03. The first-order chi connectivity index (χ1) is 13.6. The van der Waals surface area contributed by atoms with Crippen molar-refractivity contribution in [3.63, 3.8) is 0 Å². The molecule has 28 heavy (non-hydrogen) atoms. The molecule has 2 heteroatoms. The van der Waals surface area contributed by atoms with Gasteiger partial charge in [-0.1, -0.05) is 74.8 Å². The van der Waals surface area contributed by atoms with E-state index in [0.717, 1.165) is 25.7 Å². The van der Waals surface area contributed by atoms with E-state index in [-0.39, 0.29) is 5.97 Å². The van der Waals surface area contributed by atoms with Crippen LogP contribution in [-0.4, -0.2) is 12.6 Å². The molecule has 0 aromatic carbocycles. The maximum absolute atomic E-state index is 11.8. The molecule has 0 aliphatic heterocycles. The van der Waals surface area contributed by atoms with Gasteiger partial charge in [0.1, 0.15) is 6.61 Å². The number of rotatable bonds is 18. The van der Waals surface area contributed by atoms with Crippen LogP contribution in [0.4, 0.5) is 0 Å². The standard InChI is InChI=1S/C26H46O2/c1-5-6-7-8-9-10-11-12-13-14-15-16-17-21-26(27)28-23-22-25(4)20-18-19-24(2)3/h10-11,19,22H,5-9,12-18,20-21,23H2,1-4H3/b11-10-,25-22+. The van der Waals surface area contributed by atoms with E-state index in [1.54, 1.807) is 0 Å². The number of allylic oxidation sites excluding steroid dienone is 5. The Morgan fingerprint density at radius 1 is 0.714 bits per heavy atom. The predicted octanol–water partition coefficient (Wildman–Crippen LogP) is 8.48. The Kier molecular flexibility index (Phi) is 19.5. The van der Waals surface area contributed by atoms with E-state index in [1.807, 2.05) is 6.08 Å². The van der Waals surface area contributed by atoms with Gasteiger partial charge >= 0.3 is 5.97 Å². The molecule has 0 radical (unpaired) electrons.